The van der Waals surface area contributed by atoms with E-state index in [1.807, 2.05) is 13.8 Å². The third-order valence-corrected chi connectivity index (χ3v) is 2.72. The van der Waals surface area contributed by atoms with E-state index < -0.39 is 4.92 Å². The molecule has 0 N–H and O–H groups in total. The van der Waals surface area contributed by atoms with Gasteiger partial charge in [0.05, 0.1) is 16.5 Å². The van der Waals surface area contributed by atoms with Crippen molar-refractivity contribution < 1.29 is 9.72 Å². The summed E-state index contributed by atoms with van der Waals surface area (Å²) in [6.07, 6.45) is 1.45. The zero-order valence-corrected chi connectivity index (χ0v) is 10.4. The minimum atomic E-state index is -0.446. The third-order valence-electron chi connectivity index (χ3n) is 2.72. The maximum Gasteiger partial charge on any atom is 0.275 e. The van der Waals surface area contributed by atoms with Gasteiger partial charge in [-0.1, -0.05) is 13.8 Å². The number of Topliss-reactive ketones (excluding diaryl/α,β-unsaturated/α-hetero) is 1. The number of nitrogens with zero attached hydrogens (tertiary/aromatic N) is 2. The van der Waals surface area contributed by atoms with Crippen molar-refractivity contribution in [3.05, 3.63) is 33.6 Å². The van der Waals surface area contributed by atoms with Crippen LogP contribution >= 0.6 is 0 Å². The summed E-state index contributed by atoms with van der Waals surface area (Å²) < 4.78 is 0. The Hall–Kier alpha value is -1.78. The van der Waals surface area contributed by atoms with Gasteiger partial charge >= 0.3 is 0 Å². The van der Waals surface area contributed by atoms with Gasteiger partial charge in [0.2, 0.25) is 0 Å². The Balaban J connectivity index is 3.26. The number of aryl methyl sites for hydroxylation is 1. The minimum absolute atomic E-state index is 0.0156. The third kappa shape index (κ3) is 2.87. The highest BCUT2D eigenvalue weighted by molar-refractivity contribution is 5.83. The Labute approximate surface area is 100 Å². The van der Waals surface area contributed by atoms with E-state index >= 15 is 0 Å². The second-order valence-electron chi connectivity index (χ2n) is 4.49. The van der Waals surface area contributed by atoms with Gasteiger partial charge in [0.25, 0.3) is 5.69 Å². The number of carbonyl (C=O) groups excluding carboxylic acids is 1. The van der Waals surface area contributed by atoms with Crippen molar-refractivity contribution >= 4 is 11.5 Å². The second kappa shape index (κ2) is 5.03. The summed E-state index contributed by atoms with van der Waals surface area (Å²) in [5.74, 6) is -0.331. The molecule has 0 aliphatic heterocycles. The van der Waals surface area contributed by atoms with Crippen LogP contribution in [0.5, 0.6) is 0 Å². The second-order valence-corrected chi connectivity index (χ2v) is 4.49. The smallest absolute Gasteiger partial charge is 0.275 e. The quantitative estimate of drug-likeness (QED) is 0.595. The number of hydrogen-bond donors (Lipinski definition) is 0. The minimum Gasteiger partial charge on any atom is -0.299 e. The molecule has 0 saturated heterocycles. The van der Waals surface area contributed by atoms with Crippen LogP contribution < -0.4 is 0 Å². The topological polar surface area (TPSA) is 73.1 Å². The number of rotatable bonds is 4. The van der Waals surface area contributed by atoms with Crippen molar-refractivity contribution in [1.82, 2.24) is 4.98 Å². The summed E-state index contributed by atoms with van der Waals surface area (Å²) in [5.41, 5.74) is 0.997. The van der Waals surface area contributed by atoms with Crippen molar-refractivity contribution in [3.63, 3.8) is 0 Å². The lowest BCUT2D eigenvalue weighted by molar-refractivity contribution is -0.385. The lowest BCUT2D eigenvalue weighted by atomic mass is 9.88. The van der Waals surface area contributed by atoms with Crippen LogP contribution in [0.3, 0.4) is 0 Å². The van der Waals surface area contributed by atoms with Crippen molar-refractivity contribution in [2.24, 2.45) is 5.92 Å². The van der Waals surface area contributed by atoms with Gasteiger partial charge in [0.15, 0.2) is 0 Å². The van der Waals surface area contributed by atoms with Crippen molar-refractivity contribution in [2.75, 3.05) is 0 Å². The van der Waals surface area contributed by atoms with Crippen LogP contribution in [-0.2, 0) is 4.79 Å². The molecule has 0 amide bonds. The highest BCUT2D eigenvalue weighted by atomic mass is 16.6. The molecular formula is C12H16N2O3. The summed E-state index contributed by atoms with van der Waals surface area (Å²) in [4.78, 5) is 26.1. The number of ketones is 1. The number of carbonyl (C=O) groups is 1. The highest BCUT2D eigenvalue weighted by Gasteiger charge is 2.24. The molecule has 1 aromatic heterocycles. The predicted octanol–water partition coefficient (Wildman–Crippen LogP) is 2.63. The summed E-state index contributed by atoms with van der Waals surface area (Å²) in [6, 6.07) is 1.40. The number of nitro groups is 1. The number of hydrogen-bond acceptors (Lipinski definition) is 4. The van der Waals surface area contributed by atoms with Gasteiger partial charge in [-0.2, -0.15) is 0 Å². The molecule has 0 fully saturated rings. The van der Waals surface area contributed by atoms with E-state index in [-0.39, 0.29) is 23.3 Å². The van der Waals surface area contributed by atoms with E-state index in [0.29, 0.717) is 11.3 Å². The molecule has 92 valence electrons. The molecule has 0 aromatic carbocycles. The average Bonchev–Trinajstić information content (AvgIpc) is 2.19. The lowest BCUT2D eigenvalue weighted by Gasteiger charge is -2.17. The fourth-order valence-electron chi connectivity index (χ4n) is 1.91. The Morgan fingerprint density at radius 1 is 1.47 bits per heavy atom. The van der Waals surface area contributed by atoms with E-state index in [0.717, 1.165) is 0 Å². The zero-order valence-electron chi connectivity index (χ0n) is 10.4. The first-order valence-corrected chi connectivity index (χ1v) is 5.46. The lowest BCUT2D eigenvalue weighted by Crippen LogP contribution is -2.17. The standard InChI is InChI=1S/C12H16N2O3/c1-7(2)12(9(4)15)10-5-11(14(16)17)8(3)6-13-10/h5-7,12H,1-4H3. The molecule has 0 aliphatic carbocycles. The number of pyridine rings is 1. The summed E-state index contributed by atoms with van der Waals surface area (Å²) in [5, 5.41) is 10.8. The molecule has 5 nitrogen and oxygen atoms in total. The fraction of sp³-hybridized carbons (Fsp3) is 0.500. The van der Waals surface area contributed by atoms with E-state index in [4.69, 9.17) is 0 Å². The van der Waals surface area contributed by atoms with Gasteiger partial charge in [-0.15, -0.1) is 0 Å². The van der Waals surface area contributed by atoms with Crippen LogP contribution in [0.2, 0.25) is 0 Å². The van der Waals surface area contributed by atoms with Crippen molar-refractivity contribution in [3.8, 4) is 0 Å². The van der Waals surface area contributed by atoms with Crippen LogP contribution in [0.4, 0.5) is 5.69 Å². The first-order valence-electron chi connectivity index (χ1n) is 5.46. The summed E-state index contributed by atoms with van der Waals surface area (Å²) >= 11 is 0. The van der Waals surface area contributed by atoms with Gasteiger partial charge in [0.1, 0.15) is 5.78 Å². The van der Waals surface area contributed by atoms with Crippen LogP contribution in [-0.4, -0.2) is 15.7 Å². The Morgan fingerprint density at radius 2 is 2.06 bits per heavy atom. The summed E-state index contributed by atoms with van der Waals surface area (Å²) in [6.45, 7) is 6.92. The molecule has 1 atom stereocenters. The van der Waals surface area contributed by atoms with Gasteiger partial charge < -0.3 is 0 Å². The Morgan fingerprint density at radius 3 is 2.47 bits per heavy atom. The molecule has 1 rings (SSSR count). The molecule has 1 unspecified atom stereocenters. The normalized spacial score (nSPS) is 12.5. The largest absolute Gasteiger partial charge is 0.299 e. The van der Waals surface area contributed by atoms with Crippen molar-refractivity contribution in [2.45, 2.75) is 33.6 Å². The Bertz CT molecular complexity index is 455. The SMILES string of the molecule is CC(=O)C(c1cc([N+](=O)[O-])c(C)cn1)C(C)C. The van der Waals surface area contributed by atoms with E-state index in [2.05, 4.69) is 4.98 Å². The number of aromatic nitrogens is 1. The molecule has 1 aromatic rings. The molecule has 0 saturated carbocycles. The van der Waals surface area contributed by atoms with Crippen LogP contribution in [0, 0.1) is 23.0 Å². The molecule has 0 bridgehead atoms. The van der Waals surface area contributed by atoms with Crippen molar-refractivity contribution in [1.29, 1.82) is 0 Å². The molecule has 5 heteroatoms. The first kappa shape index (κ1) is 13.3. The van der Waals surface area contributed by atoms with Gasteiger partial charge in [-0.25, -0.2) is 0 Å². The van der Waals surface area contributed by atoms with E-state index in [9.17, 15) is 14.9 Å². The maximum atomic E-state index is 11.5. The van der Waals surface area contributed by atoms with Gasteiger partial charge in [0, 0.05) is 17.8 Å². The predicted molar refractivity (Wildman–Crippen MR) is 63.9 cm³/mol. The maximum absolute atomic E-state index is 11.5. The molecule has 1 heterocycles. The monoisotopic (exact) mass is 236 g/mol. The average molecular weight is 236 g/mol. The first-order chi connectivity index (χ1) is 7.84. The zero-order chi connectivity index (χ0) is 13.2. The van der Waals surface area contributed by atoms with Gasteiger partial charge in [-0.3, -0.25) is 19.9 Å². The van der Waals surface area contributed by atoms with E-state index in [1.54, 1.807) is 6.92 Å². The highest BCUT2D eigenvalue weighted by Crippen LogP contribution is 2.27. The molecule has 17 heavy (non-hydrogen) atoms. The molecule has 0 spiro atoms. The van der Waals surface area contributed by atoms with E-state index in [1.165, 1.54) is 19.2 Å². The fourth-order valence-corrected chi connectivity index (χ4v) is 1.91. The van der Waals surface area contributed by atoms with Crippen LogP contribution in [0.15, 0.2) is 12.3 Å². The van der Waals surface area contributed by atoms with Crippen LogP contribution in [0.25, 0.3) is 0 Å². The molecule has 0 aliphatic rings. The summed E-state index contributed by atoms with van der Waals surface area (Å²) in [7, 11) is 0. The molecule has 0 radical (unpaired) electrons. The van der Waals surface area contributed by atoms with Gasteiger partial charge in [-0.05, 0) is 19.8 Å². The molecular weight excluding hydrogens is 220 g/mol. The van der Waals surface area contributed by atoms with Crippen LogP contribution in [0.1, 0.15) is 37.9 Å². The Kier molecular flexibility index (Phi) is 3.93.